The third-order valence-corrected chi connectivity index (χ3v) is 3.11. The molecule has 4 heteroatoms. The SMILES string of the molecule is CCCNc1nc(C)nc(Nc2ccc(C)cc2)c1C. The van der Waals surface area contributed by atoms with Crippen LogP contribution in [0.4, 0.5) is 17.3 Å². The van der Waals surface area contributed by atoms with Gasteiger partial charge in [0.1, 0.15) is 17.5 Å². The van der Waals surface area contributed by atoms with Crippen LogP contribution in [-0.2, 0) is 0 Å². The Bertz CT molecular complexity index is 576. The number of hydrogen-bond acceptors (Lipinski definition) is 4. The van der Waals surface area contributed by atoms with Crippen molar-refractivity contribution in [1.82, 2.24) is 9.97 Å². The van der Waals surface area contributed by atoms with Crippen molar-refractivity contribution in [2.45, 2.75) is 34.1 Å². The first-order valence-corrected chi connectivity index (χ1v) is 7.03. The maximum atomic E-state index is 4.50. The molecule has 0 fully saturated rings. The molecule has 2 N–H and O–H groups in total. The largest absolute Gasteiger partial charge is 0.370 e. The molecule has 1 aromatic heterocycles. The normalized spacial score (nSPS) is 10.4. The predicted octanol–water partition coefficient (Wildman–Crippen LogP) is 3.97. The van der Waals surface area contributed by atoms with E-state index in [2.05, 4.69) is 58.7 Å². The number of aryl methyl sites for hydroxylation is 2. The summed E-state index contributed by atoms with van der Waals surface area (Å²) < 4.78 is 0. The van der Waals surface area contributed by atoms with Crippen LogP contribution in [0.15, 0.2) is 24.3 Å². The van der Waals surface area contributed by atoms with Crippen molar-refractivity contribution in [3.63, 3.8) is 0 Å². The van der Waals surface area contributed by atoms with Gasteiger partial charge in [-0.3, -0.25) is 0 Å². The molecule has 1 heterocycles. The second-order valence-corrected chi connectivity index (χ2v) is 5.01. The van der Waals surface area contributed by atoms with Crippen LogP contribution in [-0.4, -0.2) is 16.5 Å². The van der Waals surface area contributed by atoms with Crippen molar-refractivity contribution in [2.75, 3.05) is 17.2 Å². The van der Waals surface area contributed by atoms with Crippen molar-refractivity contribution in [1.29, 1.82) is 0 Å². The third kappa shape index (κ3) is 3.47. The Morgan fingerprint density at radius 3 is 2.25 bits per heavy atom. The van der Waals surface area contributed by atoms with E-state index in [0.717, 1.165) is 41.7 Å². The lowest BCUT2D eigenvalue weighted by atomic mass is 10.2. The van der Waals surface area contributed by atoms with Crippen molar-refractivity contribution >= 4 is 17.3 Å². The summed E-state index contributed by atoms with van der Waals surface area (Å²) in [5.74, 6) is 2.54. The number of hydrogen-bond donors (Lipinski definition) is 2. The van der Waals surface area contributed by atoms with Crippen molar-refractivity contribution in [2.24, 2.45) is 0 Å². The maximum Gasteiger partial charge on any atom is 0.139 e. The Morgan fingerprint density at radius 2 is 1.60 bits per heavy atom. The highest BCUT2D eigenvalue weighted by Crippen LogP contribution is 2.23. The van der Waals surface area contributed by atoms with Gasteiger partial charge >= 0.3 is 0 Å². The van der Waals surface area contributed by atoms with Gasteiger partial charge in [0.15, 0.2) is 0 Å². The average molecular weight is 270 g/mol. The Morgan fingerprint density at radius 1 is 0.950 bits per heavy atom. The summed E-state index contributed by atoms with van der Waals surface area (Å²) in [5.41, 5.74) is 3.33. The van der Waals surface area contributed by atoms with Crippen molar-refractivity contribution in [3.8, 4) is 0 Å². The minimum absolute atomic E-state index is 0.767. The second kappa shape index (κ2) is 6.37. The molecule has 0 saturated carbocycles. The number of aromatic nitrogens is 2. The molecular weight excluding hydrogens is 248 g/mol. The molecule has 4 nitrogen and oxygen atoms in total. The van der Waals surface area contributed by atoms with E-state index in [1.807, 2.05) is 13.8 Å². The van der Waals surface area contributed by atoms with Gasteiger partial charge in [0.05, 0.1) is 0 Å². The molecule has 0 spiro atoms. The summed E-state index contributed by atoms with van der Waals surface area (Å²) in [6.07, 6.45) is 1.07. The van der Waals surface area contributed by atoms with E-state index in [9.17, 15) is 0 Å². The zero-order valence-corrected chi connectivity index (χ0v) is 12.6. The van der Waals surface area contributed by atoms with Gasteiger partial charge in [0, 0.05) is 17.8 Å². The van der Waals surface area contributed by atoms with E-state index in [1.54, 1.807) is 0 Å². The fourth-order valence-electron chi connectivity index (χ4n) is 1.94. The molecule has 0 bridgehead atoms. The number of nitrogens with zero attached hydrogens (tertiary/aromatic N) is 2. The predicted molar refractivity (Wildman–Crippen MR) is 84.7 cm³/mol. The van der Waals surface area contributed by atoms with Crippen molar-refractivity contribution < 1.29 is 0 Å². The van der Waals surface area contributed by atoms with Gasteiger partial charge in [-0.05, 0) is 39.3 Å². The summed E-state index contributed by atoms with van der Waals surface area (Å²) >= 11 is 0. The highest BCUT2D eigenvalue weighted by atomic mass is 15.1. The standard InChI is InChI=1S/C16H22N4/c1-5-10-17-15-12(3)16(19-13(4)18-15)20-14-8-6-11(2)7-9-14/h6-9H,5,10H2,1-4H3,(H2,17,18,19,20). The molecule has 0 radical (unpaired) electrons. The number of benzene rings is 1. The van der Waals surface area contributed by atoms with E-state index in [-0.39, 0.29) is 0 Å². The van der Waals surface area contributed by atoms with Gasteiger partial charge in [-0.1, -0.05) is 24.6 Å². The summed E-state index contributed by atoms with van der Waals surface area (Å²) in [5, 5.41) is 6.71. The molecule has 2 aromatic rings. The fraction of sp³-hybridized carbons (Fsp3) is 0.375. The molecule has 0 unspecified atom stereocenters. The van der Waals surface area contributed by atoms with Crippen molar-refractivity contribution in [3.05, 3.63) is 41.2 Å². The van der Waals surface area contributed by atoms with E-state index >= 15 is 0 Å². The van der Waals surface area contributed by atoms with Gasteiger partial charge in [-0.15, -0.1) is 0 Å². The Kier molecular flexibility index (Phi) is 4.56. The lowest BCUT2D eigenvalue weighted by molar-refractivity contribution is 0.948. The van der Waals surface area contributed by atoms with Crippen LogP contribution in [0.5, 0.6) is 0 Å². The molecular formula is C16H22N4. The summed E-state index contributed by atoms with van der Waals surface area (Å²) in [7, 11) is 0. The molecule has 1 aromatic carbocycles. The maximum absolute atomic E-state index is 4.50. The first kappa shape index (κ1) is 14.3. The Hall–Kier alpha value is -2.10. The lowest BCUT2D eigenvalue weighted by Gasteiger charge is -2.14. The average Bonchev–Trinajstić information content (AvgIpc) is 2.43. The molecule has 0 amide bonds. The van der Waals surface area contributed by atoms with E-state index < -0.39 is 0 Å². The number of nitrogens with one attached hydrogen (secondary N) is 2. The molecule has 0 aliphatic carbocycles. The van der Waals surface area contributed by atoms with Crippen LogP contribution in [0.25, 0.3) is 0 Å². The quantitative estimate of drug-likeness (QED) is 0.863. The zero-order chi connectivity index (χ0) is 14.5. The second-order valence-electron chi connectivity index (χ2n) is 5.01. The molecule has 106 valence electrons. The van der Waals surface area contributed by atoms with Gasteiger partial charge in [0.25, 0.3) is 0 Å². The summed E-state index contributed by atoms with van der Waals surface area (Å²) in [6.45, 7) is 9.09. The van der Waals surface area contributed by atoms with Crippen LogP contribution in [0.1, 0.15) is 30.3 Å². The van der Waals surface area contributed by atoms with E-state index in [1.165, 1.54) is 5.56 Å². The summed E-state index contributed by atoms with van der Waals surface area (Å²) in [4.78, 5) is 8.96. The van der Waals surface area contributed by atoms with Crippen LogP contribution in [0.3, 0.4) is 0 Å². The van der Waals surface area contributed by atoms with Gasteiger partial charge in [0.2, 0.25) is 0 Å². The van der Waals surface area contributed by atoms with Crippen LogP contribution in [0.2, 0.25) is 0 Å². The monoisotopic (exact) mass is 270 g/mol. The first-order chi connectivity index (χ1) is 9.60. The molecule has 20 heavy (non-hydrogen) atoms. The zero-order valence-electron chi connectivity index (χ0n) is 12.6. The van der Waals surface area contributed by atoms with Gasteiger partial charge in [-0.2, -0.15) is 0 Å². The molecule has 0 aliphatic heterocycles. The van der Waals surface area contributed by atoms with Crippen LogP contribution >= 0.6 is 0 Å². The minimum Gasteiger partial charge on any atom is -0.370 e. The van der Waals surface area contributed by atoms with E-state index in [4.69, 9.17) is 0 Å². The van der Waals surface area contributed by atoms with Crippen LogP contribution in [0, 0.1) is 20.8 Å². The van der Waals surface area contributed by atoms with E-state index in [0.29, 0.717) is 0 Å². The smallest absolute Gasteiger partial charge is 0.139 e. The number of anilines is 3. The van der Waals surface area contributed by atoms with Gasteiger partial charge in [-0.25, -0.2) is 9.97 Å². The van der Waals surface area contributed by atoms with Crippen LogP contribution < -0.4 is 10.6 Å². The summed E-state index contributed by atoms with van der Waals surface area (Å²) in [6, 6.07) is 8.29. The topological polar surface area (TPSA) is 49.8 Å². The molecule has 0 atom stereocenters. The first-order valence-electron chi connectivity index (χ1n) is 7.03. The molecule has 0 saturated heterocycles. The third-order valence-electron chi connectivity index (χ3n) is 3.11. The highest BCUT2D eigenvalue weighted by molar-refractivity contribution is 5.64. The highest BCUT2D eigenvalue weighted by Gasteiger charge is 2.08. The Labute approximate surface area is 120 Å². The Balaban J connectivity index is 2.26. The minimum atomic E-state index is 0.767. The lowest BCUT2D eigenvalue weighted by Crippen LogP contribution is -2.08. The van der Waals surface area contributed by atoms with Gasteiger partial charge < -0.3 is 10.6 Å². The molecule has 2 rings (SSSR count). The fourth-order valence-corrected chi connectivity index (χ4v) is 1.94. The molecule has 0 aliphatic rings. The number of rotatable bonds is 5.